The number of fused-ring (bicyclic) bond motifs is 2. The van der Waals surface area contributed by atoms with Gasteiger partial charge in [-0.1, -0.05) is 26.0 Å². The lowest BCUT2D eigenvalue weighted by Crippen LogP contribution is -2.45. The van der Waals surface area contributed by atoms with Gasteiger partial charge in [-0.2, -0.15) is 0 Å². The van der Waals surface area contributed by atoms with Gasteiger partial charge < -0.3 is 4.42 Å². The second-order valence-electron chi connectivity index (χ2n) is 7.05. The number of para-hydroxylation sites is 2. The molecule has 0 fully saturated rings. The number of hydrogen-bond acceptors (Lipinski definition) is 4. The van der Waals surface area contributed by atoms with Crippen molar-refractivity contribution in [1.29, 1.82) is 0 Å². The van der Waals surface area contributed by atoms with Crippen LogP contribution in [0.5, 0.6) is 0 Å². The molecule has 0 radical (unpaired) electrons. The van der Waals surface area contributed by atoms with E-state index in [9.17, 15) is 0 Å². The summed E-state index contributed by atoms with van der Waals surface area (Å²) in [4.78, 5) is 14.2. The van der Waals surface area contributed by atoms with Crippen LogP contribution in [0, 0.1) is 0 Å². The SMILES string of the molecule is CC1(C)N=C(c2cnc3ccccc3n2)c2occc2C1(C)C. The van der Waals surface area contributed by atoms with E-state index in [0.717, 1.165) is 28.2 Å². The lowest BCUT2D eigenvalue weighted by atomic mass is 9.68. The van der Waals surface area contributed by atoms with E-state index in [1.54, 1.807) is 12.5 Å². The first-order valence-corrected chi connectivity index (χ1v) is 7.80. The van der Waals surface area contributed by atoms with Crippen molar-refractivity contribution in [3.05, 3.63) is 59.8 Å². The van der Waals surface area contributed by atoms with Crippen LogP contribution >= 0.6 is 0 Å². The molecule has 1 aliphatic heterocycles. The Labute approximate surface area is 135 Å². The highest BCUT2D eigenvalue weighted by Crippen LogP contribution is 2.44. The third kappa shape index (κ3) is 1.94. The largest absolute Gasteiger partial charge is 0.462 e. The van der Waals surface area contributed by atoms with Crippen LogP contribution in [0.4, 0.5) is 0 Å². The Morgan fingerprint density at radius 3 is 2.48 bits per heavy atom. The zero-order valence-corrected chi connectivity index (χ0v) is 13.8. The van der Waals surface area contributed by atoms with Gasteiger partial charge in [0.25, 0.3) is 0 Å². The minimum absolute atomic E-state index is 0.108. The molecule has 0 saturated heterocycles. The van der Waals surface area contributed by atoms with E-state index in [1.807, 2.05) is 30.3 Å². The van der Waals surface area contributed by atoms with Crippen LogP contribution in [0.3, 0.4) is 0 Å². The molecular formula is C19H19N3O. The van der Waals surface area contributed by atoms with Crippen molar-refractivity contribution in [2.75, 3.05) is 0 Å². The number of nitrogens with zero attached hydrogens (tertiary/aromatic N) is 3. The van der Waals surface area contributed by atoms with Gasteiger partial charge in [-0.05, 0) is 32.0 Å². The predicted molar refractivity (Wildman–Crippen MR) is 91.0 cm³/mol. The minimum Gasteiger partial charge on any atom is -0.462 e. The first kappa shape index (κ1) is 14.1. The molecule has 3 heterocycles. The van der Waals surface area contributed by atoms with E-state index >= 15 is 0 Å². The number of furan rings is 1. The zero-order chi connectivity index (χ0) is 16.2. The Morgan fingerprint density at radius 2 is 1.70 bits per heavy atom. The van der Waals surface area contributed by atoms with Gasteiger partial charge in [0.2, 0.25) is 0 Å². The van der Waals surface area contributed by atoms with Gasteiger partial charge in [0.05, 0.1) is 29.0 Å². The topological polar surface area (TPSA) is 51.3 Å². The average Bonchev–Trinajstić information content (AvgIpc) is 3.01. The Morgan fingerprint density at radius 1 is 0.957 bits per heavy atom. The van der Waals surface area contributed by atoms with Crippen molar-refractivity contribution in [3.63, 3.8) is 0 Å². The normalized spacial score (nSPS) is 18.5. The number of aliphatic imine (C=N–C) groups is 1. The van der Waals surface area contributed by atoms with Crippen LogP contribution < -0.4 is 0 Å². The van der Waals surface area contributed by atoms with Crippen LogP contribution in [-0.2, 0) is 5.41 Å². The fraction of sp³-hybridized carbons (Fsp3) is 0.316. The van der Waals surface area contributed by atoms with Gasteiger partial charge in [0, 0.05) is 11.0 Å². The zero-order valence-electron chi connectivity index (χ0n) is 13.8. The lowest BCUT2D eigenvalue weighted by Gasteiger charge is -2.42. The van der Waals surface area contributed by atoms with Gasteiger partial charge >= 0.3 is 0 Å². The molecule has 4 rings (SSSR count). The molecule has 4 nitrogen and oxygen atoms in total. The maximum Gasteiger partial charge on any atom is 0.157 e. The maximum atomic E-state index is 5.77. The first-order chi connectivity index (χ1) is 10.9. The molecule has 1 aromatic carbocycles. The van der Waals surface area contributed by atoms with Crippen LogP contribution in [0.1, 0.15) is 44.7 Å². The summed E-state index contributed by atoms with van der Waals surface area (Å²) in [5.41, 5.74) is 4.09. The maximum absolute atomic E-state index is 5.77. The highest BCUT2D eigenvalue weighted by Gasteiger charge is 2.45. The van der Waals surface area contributed by atoms with Crippen LogP contribution in [-0.4, -0.2) is 21.2 Å². The molecule has 0 bridgehead atoms. The van der Waals surface area contributed by atoms with Crippen molar-refractivity contribution in [2.45, 2.75) is 38.6 Å². The second-order valence-corrected chi connectivity index (χ2v) is 7.05. The van der Waals surface area contributed by atoms with Gasteiger partial charge in [0.15, 0.2) is 5.76 Å². The van der Waals surface area contributed by atoms with Gasteiger partial charge in [-0.3, -0.25) is 9.98 Å². The molecule has 0 aliphatic carbocycles. The number of aromatic nitrogens is 2. The van der Waals surface area contributed by atoms with Crippen molar-refractivity contribution in [1.82, 2.24) is 9.97 Å². The summed E-state index contributed by atoms with van der Waals surface area (Å²) in [7, 11) is 0. The Balaban J connectivity index is 1.95. The molecule has 116 valence electrons. The summed E-state index contributed by atoms with van der Waals surface area (Å²) in [6.07, 6.45) is 3.51. The molecular weight excluding hydrogens is 286 g/mol. The summed E-state index contributed by atoms with van der Waals surface area (Å²) in [5, 5.41) is 0. The molecule has 3 aromatic rings. The molecule has 0 amide bonds. The third-order valence-corrected chi connectivity index (χ3v) is 5.17. The molecule has 0 atom stereocenters. The molecule has 0 unspecified atom stereocenters. The monoisotopic (exact) mass is 305 g/mol. The summed E-state index contributed by atoms with van der Waals surface area (Å²) in [6.45, 7) is 8.70. The highest BCUT2D eigenvalue weighted by atomic mass is 16.3. The van der Waals surface area contributed by atoms with Gasteiger partial charge in [-0.15, -0.1) is 0 Å². The summed E-state index contributed by atoms with van der Waals surface area (Å²) in [5.74, 6) is 0.805. The van der Waals surface area contributed by atoms with E-state index in [1.165, 1.54) is 5.56 Å². The summed E-state index contributed by atoms with van der Waals surface area (Å²) < 4.78 is 5.77. The van der Waals surface area contributed by atoms with Crippen LogP contribution in [0.25, 0.3) is 11.0 Å². The van der Waals surface area contributed by atoms with E-state index in [-0.39, 0.29) is 11.0 Å². The number of benzene rings is 1. The van der Waals surface area contributed by atoms with Crippen molar-refractivity contribution in [3.8, 4) is 0 Å². The summed E-state index contributed by atoms with van der Waals surface area (Å²) in [6, 6.07) is 9.90. The molecule has 23 heavy (non-hydrogen) atoms. The third-order valence-electron chi connectivity index (χ3n) is 5.17. The smallest absolute Gasteiger partial charge is 0.157 e. The fourth-order valence-corrected chi connectivity index (χ4v) is 3.03. The van der Waals surface area contributed by atoms with Crippen LogP contribution in [0.2, 0.25) is 0 Å². The van der Waals surface area contributed by atoms with Crippen molar-refractivity contribution in [2.24, 2.45) is 4.99 Å². The fourth-order valence-electron chi connectivity index (χ4n) is 3.03. The molecule has 0 saturated carbocycles. The first-order valence-electron chi connectivity index (χ1n) is 7.80. The van der Waals surface area contributed by atoms with E-state index in [0.29, 0.717) is 0 Å². The second kappa shape index (κ2) is 4.51. The molecule has 2 aromatic heterocycles. The van der Waals surface area contributed by atoms with E-state index in [4.69, 9.17) is 14.4 Å². The Hall–Kier alpha value is -2.49. The number of rotatable bonds is 1. The van der Waals surface area contributed by atoms with Crippen molar-refractivity contribution < 1.29 is 4.42 Å². The molecule has 4 heteroatoms. The quantitative estimate of drug-likeness (QED) is 0.679. The minimum atomic E-state index is -0.257. The number of hydrogen-bond donors (Lipinski definition) is 0. The van der Waals surface area contributed by atoms with Crippen LogP contribution in [0.15, 0.2) is 52.2 Å². The molecule has 0 N–H and O–H groups in total. The van der Waals surface area contributed by atoms with Crippen molar-refractivity contribution >= 4 is 16.7 Å². The Kier molecular flexibility index (Phi) is 2.77. The van der Waals surface area contributed by atoms with Gasteiger partial charge in [0.1, 0.15) is 11.4 Å². The lowest BCUT2D eigenvalue weighted by molar-refractivity contribution is 0.298. The average molecular weight is 305 g/mol. The van der Waals surface area contributed by atoms with E-state index < -0.39 is 0 Å². The van der Waals surface area contributed by atoms with Gasteiger partial charge in [-0.25, -0.2) is 4.98 Å². The molecule has 1 aliphatic rings. The summed E-state index contributed by atoms with van der Waals surface area (Å²) >= 11 is 0. The van der Waals surface area contributed by atoms with E-state index in [2.05, 4.69) is 32.7 Å². The standard InChI is InChI=1S/C19H19N3O/c1-18(2)12-9-10-23-17(12)16(22-19(18,3)4)15-11-20-13-7-5-6-8-14(13)21-15/h5-11H,1-4H3. The predicted octanol–water partition coefficient (Wildman–Crippen LogP) is 4.13. The highest BCUT2D eigenvalue weighted by molar-refractivity contribution is 6.12. The Bertz CT molecular complexity index is 934. The molecule has 0 spiro atoms.